The molecule has 0 radical (unpaired) electrons. The minimum Gasteiger partial charge on any atom is -0.357 e. The molecular formula is C14H27N5. The van der Waals surface area contributed by atoms with Crippen LogP contribution < -0.4 is 10.6 Å². The van der Waals surface area contributed by atoms with E-state index >= 15 is 0 Å². The molecule has 0 aliphatic carbocycles. The zero-order chi connectivity index (χ0) is 14.1. The van der Waals surface area contributed by atoms with Gasteiger partial charge in [0.2, 0.25) is 0 Å². The molecule has 1 rings (SSSR count). The predicted octanol–water partition coefficient (Wildman–Crippen LogP) is 1.73. The van der Waals surface area contributed by atoms with Crippen LogP contribution in [0.1, 0.15) is 27.7 Å². The van der Waals surface area contributed by atoms with Crippen LogP contribution in [0.15, 0.2) is 23.5 Å². The number of hydrogen-bond acceptors (Lipinski definition) is 2. The molecule has 0 amide bonds. The second-order valence-corrected chi connectivity index (χ2v) is 5.33. The van der Waals surface area contributed by atoms with Gasteiger partial charge in [0.15, 0.2) is 5.96 Å². The molecule has 0 saturated heterocycles. The molecule has 0 aliphatic rings. The van der Waals surface area contributed by atoms with E-state index in [-0.39, 0.29) is 0 Å². The number of rotatable bonds is 7. The van der Waals surface area contributed by atoms with Crippen LogP contribution in [0, 0.1) is 11.8 Å². The summed E-state index contributed by atoms with van der Waals surface area (Å²) in [5.74, 6) is 1.99. The van der Waals surface area contributed by atoms with Crippen molar-refractivity contribution in [1.82, 2.24) is 20.4 Å². The lowest BCUT2D eigenvalue weighted by atomic mass is 10.2. The normalized spacial score (nSPS) is 13.6. The predicted molar refractivity (Wildman–Crippen MR) is 80.2 cm³/mol. The molecule has 19 heavy (non-hydrogen) atoms. The van der Waals surface area contributed by atoms with Gasteiger partial charge in [-0.3, -0.25) is 9.67 Å². The van der Waals surface area contributed by atoms with Crippen LogP contribution in [-0.4, -0.2) is 35.4 Å². The third kappa shape index (κ3) is 6.84. The SMILES string of the molecule is CCNC(=NCC(C)C)NCC(C)Cn1cccn1. The van der Waals surface area contributed by atoms with Crippen LogP contribution in [0.4, 0.5) is 0 Å². The first-order valence-electron chi connectivity index (χ1n) is 7.11. The Morgan fingerprint density at radius 2 is 2.11 bits per heavy atom. The highest BCUT2D eigenvalue weighted by atomic mass is 15.3. The number of nitrogens with one attached hydrogen (secondary N) is 2. The lowest BCUT2D eigenvalue weighted by Crippen LogP contribution is -2.40. The molecule has 0 aromatic carbocycles. The monoisotopic (exact) mass is 265 g/mol. The fourth-order valence-electron chi connectivity index (χ4n) is 1.68. The topological polar surface area (TPSA) is 54.2 Å². The fraction of sp³-hybridized carbons (Fsp3) is 0.714. The second-order valence-electron chi connectivity index (χ2n) is 5.33. The Morgan fingerprint density at radius 1 is 1.32 bits per heavy atom. The van der Waals surface area contributed by atoms with Gasteiger partial charge in [-0.25, -0.2) is 0 Å². The van der Waals surface area contributed by atoms with Gasteiger partial charge in [0.05, 0.1) is 0 Å². The molecule has 1 aromatic rings. The highest BCUT2D eigenvalue weighted by molar-refractivity contribution is 5.79. The van der Waals surface area contributed by atoms with E-state index < -0.39 is 0 Å². The number of aliphatic imine (C=N–C) groups is 1. The van der Waals surface area contributed by atoms with Crippen LogP contribution in [0.5, 0.6) is 0 Å². The molecule has 0 bridgehead atoms. The molecule has 0 aliphatic heterocycles. The maximum absolute atomic E-state index is 4.55. The lowest BCUT2D eigenvalue weighted by molar-refractivity contribution is 0.443. The third-order valence-electron chi connectivity index (χ3n) is 2.63. The van der Waals surface area contributed by atoms with Gasteiger partial charge in [-0.2, -0.15) is 5.10 Å². The van der Waals surface area contributed by atoms with Crippen LogP contribution in [0.3, 0.4) is 0 Å². The van der Waals surface area contributed by atoms with Crippen molar-refractivity contribution < 1.29 is 0 Å². The van der Waals surface area contributed by atoms with Crippen molar-refractivity contribution in [3.8, 4) is 0 Å². The standard InChI is InChI=1S/C14H27N5/c1-5-15-14(16-9-12(2)3)17-10-13(4)11-19-8-6-7-18-19/h6-8,12-13H,5,9-11H2,1-4H3,(H2,15,16,17). The van der Waals surface area contributed by atoms with Crippen molar-refractivity contribution in [3.05, 3.63) is 18.5 Å². The second kappa shape index (κ2) is 8.56. The molecular weight excluding hydrogens is 238 g/mol. The Kier molecular flexibility index (Phi) is 7.00. The summed E-state index contributed by atoms with van der Waals surface area (Å²) in [6.45, 7) is 12.2. The Morgan fingerprint density at radius 3 is 2.68 bits per heavy atom. The summed E-state index contributed by atoms with van der Waals surface area (Å²) in [6.07, 6.45) is 3.81. The van der Waals surface area contributed by atoms with Gasteiger partial charge in [-0.15, -0.1) is 0 Å². The quantitative estimate of drug-likeness (QED) is 0.583. The van der Waals surface area contributed by atoms with Gasteiger partial charge < -0.3 is 10.6 Å². The minimum absolute atomic E-state index is 0.503. The molecule has 1 aromatic heterocycles. The van der Waals surface area contributed by atoms with Crippen LogP contribution >= 0.6 is 0 Å². The van der Waals surface area contributed by atoms with E-state index in [9.17, 15) is 0 Å². The summed E-state index contributed by atoms with van der Waals surface area (Å²) in [6, 6.07) is 1.95. The number of hydrogen-bond donors (Lipinski definition) is 2. The molecule has 1 unspecified atom stereocenters. The highest BCUT2D eigenvalue weighted by Gasteiger charge is 2.05. The molecule has 5 nitrogen and oxygen atoms in total. The average Bonchev–Trinajstić information content (AvgIpc) is 2.85. The van der Waals surface area contributed by atoms with Crippen LogP contribution in [0.2, 0.25) is 0 Å². The first kappa shape index (κ1) is 15.5. The molecule has 0 spiro atoms. The molecule has 2 N–H and O–H groups in total. The summed E-state index contributed by atoms with van der Waals surface area (Å²) in [7, 11) is 0. The van der Waals surface area contributed by atoms with Crippen molar-refractivity contribution >= 4 is 5.96 Å². The molecule has 1 heterocycles. The van der Waals surface area contributed by atoms with Gasteiger partial charge in [-0.05, 0) is 24.8 Å². The zero-order valence-corrected chi connectivity index (χ0v) is 12.6. The first-order chi connectivity index (χ1) is 9.11. The summed E-state index contributed by atoms with van der Waals surface area (Å²) in [5.41, 5.74) is 0. The van der Waals surface area contributed by atoms with E-state index in [0.717, 1.165) is 32.1 Å². The van der Waals surface area contributed by atoms with E-state index in [0.29, 0.717) is 11.8 Å². The van der Waals surface area contributed by atoms with Crippen molar-refractivity contribution in [3.63, 3.8) is 0 Å². The molecule has 0 saturated carbocycles. The highest BCUT2D eigenvalue weighted by Crippen LogP contribution is 1.98. The fourth-order valence-corrected chi connectivity index (χ4v) is 1.68. The van der Waals surface area contributed by atoms with E-state index in [2.05, 4.69) is 48.4 Å². The average molecular weight is 265 g/mol. The Bertz CT molecular complexity index is 356. The van der Waals surface area contributed by atoms with Gasteiger partial charge in [-0.1, -0.05) is 20.8 Å². The zero-order valence-electron chi connectivity index (χ0n) is 12.6. The molecule has 0 fully saturated rings. The van der Waals surface area contributed by atoms with E-state index in [1.54, 1.807) is 0 Å². The number of aromatic nitrogens is 2. The number of guanidine groups is 1. The lowest BCUT2D eigenvalue weighted by Gasteiger charge is -2.16. The van der Waals surface area contributed by atoms with Crippen LogP contribution in [0.25, 0.3) is 0 Å². The summed E-state index contributed by atoms with van der Waals surface area (Å²) in [5, 5.41) is 10.9. The van der Waals surface area contributed by atoms with Crippen molar-refractivity contribution in [2.24, 2.45) is 16.8 Å². The third-order valence-corrected chi connectivity index (χ3v) is 2.63. The first-order valence-corrected chi connectivity index (χ1v) is 7.11. The largest absolute Gasteiger partial charge is 0.357 e. The van der Waals surface area contributed by atoms with Crippen molar-refractivity contribution in [1.29, 1.82) is 0 Å². The summed E-state index contributed by atoms with van der Waals surface area (Å²) in [4.78, 5) is 4.55. The van der Waals surface area contributed by atoms with Gasteiger partial charge in [0.1, 0.15) is 0 Å². The Labute approximate surface area is 116 Å². The number of nitrogens with zero attached hydrogens (tertiary/aromatic N) is 3. The Hall–Kier alpha value is -1.52. The van der Waals surface area contributed by atoms with Crippen molar-refractivity contribution in [2.75, 3.05) is 19.6 Å². The maximum Gasteiger partial charge on any atom is 0.191 e. The smallest absolute Gasteiger partial charge is 0.191 e. The van der Waals surface area contributed by atoms with Crippen molar-refractivity contribution in [2.45, 2.75) is 34.2 Å². The van der Waals surface area contributed by atoms with Gasteiger partial charge in [0.25, 0.3) is 0 Å². The van der Waals surface area contributed by atoms with Gasteiger partial charge in [0, 0.05) is 38.6 Å². The maximum atomic E-state index is 4.55. The Balaban J connectivity index is 2.35. The molecule has 108 valence electrons. The van der Waals surface area contributed by atoms with Gasteiger partial charge >= 0.3 is 0 Å². The van der Waals surface area contributed by atoms with E-state index in [1.165, 1.54) is 0 Å². The van der Waals surface area contributed by atoms with Crippen LogP contribution in [-0.2, 0) is 6.54 Å². The summed E-state index contributed by atoms with van der Waals surface area (Å²) >= 11 is 0. The summed E-state index contributed by atoms with van der Waals surface area (Å²) < 4.78 is 1.96. The molecule has 5 heteroatoms. The van der Waals surface area contributed by atoms with E-state index in [1.807, 2.05) is 23.1 Å². The van der Waals surface area contributed by atoms with E-state index in [4.69, 9.17) is 0 Å². The molecule has 1 atom stereocenters. The minimum atomic E-state index is 0.503.